The summed E-state index contributed by atoms with van der Waals surface area (Å²) in [6, 6.07) is 7.72. The number of rotatable bonds is 7. The highest BCUT2D eigenvalue weighted by Gasteiger charge is 2.20. The number of hydrogen-bond acceptors (Lipinski definition) is 4. The molecule has 0 radical (unpaired) electrons. The predicted octanol–water partition coefficient (Wildman–Crippen LogP) is 3.92. The van der Waals surface area contributed by atoms with E-state index in [1.165, 1.54) is 6.42 Å². The van der Waals surface area contributed by atoms with Crippen LogP contribution in [0.15, 0.2) is 34.9 Å². The highest BCUT2D eigenvalue weighted by molar-refractivity contribution is 6.30. The van der Waals surface area contributed by atoms with Gasteiger partial charge in [-0.25, -0.2) is 4.98 Å². The molecule has 0 spiro atoms. The van der Waals surface area contributed by atoms with E-state index in [9.17, 15) is 4.79 Å². The minimum absolute atomic E-state index is 0.0742. The van der Waals surface area contributed by atoms with E-state index in [2.05, 4.69) is 22.1 Å². The van der Waals surface area contributed by atoms with Crippen molar-refractivity contribution >= 4 is 17.5 Å². The van der Waals surface area contributed by atoms with Crippen molar-refractivity contribution in [3.8, 4) is 11.3 Å². The molecule has 0 bridgehead atoms. The zero-order valence-corrected chi connectivity index (χ0v) is 16.0. The van der Waals surface area contributed by atoms with Gasteiger partial charge in [-0.1, -0.05) is 18.5 Å². The fourth-order valence-electron chi connectivity index (χ4n) is 3.31. The summed E-state index contributed by atoms with van der Waals surface area (Å²) in [5.74, 6) is 1.36. The Morgan fingerprint density at radius 3 is 2.73 bits per heavy atom. The SMILES string of the molecule is CCCN1CCC(NC(=O)CCc2ncc(-c3ccc(Cl)cc3)o2)CC1. The van der Waals surface area contributed by atoms with Crippen LogP contribution < -0.4 is 5.32 Å². The van der Waals surface area contributed by atoms with Gasteiger partial charge in [0.05, 0.1) is 6.20 Å². The molecule has 26 heavy (non-hydrogen) atoms. The van der Waals surface area contributed by atoms with E-state index in [-0.39, 0.29) is 5.91 Å². The maximum atomic E-state index is 12.2. The van der Waals surface area contributed by atoms with E-state index in [0.717, 1.165) is 38.0 Å². The second kappa shape index (κ2) is 9.19. The van der Waals surface area contributed by atoms with Crippen molar-refractivity contribution in [2.75, 3.05) is 19.6 Å². The van der Waals surface area contributed by atoms with E-state index in [1.54, 1.807) is 6.20 Å². The quantitative estimate of drug-likeness (QED) is 0.796. The number of hydrogen-bond donors (Lipinski definition) is 1. The molecule has 1 aromatic heterocycles. The van der Waals surface area contributed by atoms with Crippen LogP contribution in [0.4, 0.5) is 0 Å². The molecular weight excluding hydrogens is 350 g/mol. The summed E-state index contributed by atoms with van der Waals surface area (Å²) in [5, 5.41) is 3.83. The molecule has 1 aliphatic heterocycles. The number of likely N-dealkylation sites (tertiary alicyclic amines) is 1. The average Bonchev–Trinajstić information content (AvgIpc) is 3.11. The average molecular weight is 376 g/mol. The molecule has 5 nitrogen and oxygen atoms in total. The van der Waals surface area contributed by atoms with E-state index < -0.39 is 0 Å². The van der Waals surface area contributed by atoms with Gasteiger partial charge in [0.1, 0.15) is 0 Å². The first-order valence-corrected chi connectivity index (χ1v) is 9.74. The van der Waals surface area contributed by atoms with Gasteiger partial charge in [0.15, 0.2) is 11.7 Å². The molecule has 1 N–H and O–H groups in total. The highest BCUT2D eigenvalue weighted by Crippen LogP contribution is 2.22. The lowest BCUT2D eigenvalue weighted by Gasteiger charge is -2.32. The number of nitrogens with one attached hydrogen (secondary N) is 1. The van der Waals surface area contributed by atoms with Crippen LogP contribution in [0.5, 0.6) is 0 Å². The lowest BCUT2D eigenvalue weighted by Crippen LogP contribution is -2.44. The normalized spacial score (nSPS) is 15.9. The Morgan fingerprint density at radius 2 is 2.04 bits per heavy atom. The zero-order chi connectivity index (χ0) is 18.4. The van der Waals surface area contributed by atoms with Gasteiger partial charge in [-0.3, -0.25) is 4.79 Å². The van der Waals surface area contributed by atoms with Gasteiger partial charge in [-0.15, -0.1) is 0 Å². The van der Waals surface area contributed by atoms with Crippen LogP contribution in [0.1, 0.15) is 38.5 Å². The second-order valence-electron chi connectivity index (χ2n) is 6.81. The molecule has 2 aromatic rings. The lowest BCUT2D eigenvalue weighted by atomic mass is 10.0. The molecule has 1 aromatic carbocycles. The molecule has 6 heteroatoms. The minimum Gasteiger partial charge on any atom is -0.441 e. The number of nitrogens with zero attached hydrogens (tertiary/aromatic N) is 2. The Bertz CT molecular complexity index is 706. The van der Waals surface area contributed by atoms with Crippen molar-refractivity contribution in [1.82, 2.24) is 15.2 Å². The van der Waals surface area contributed by atoms with Gasteiger partial charge in [0, 0.05) is 42.6 Å². The summed E-state index contributed by atoms with van der Waals surface area (Å²) in [4.78, 5) is 18.9. The molecule has 0 atom stereocenters. The van der Waals surface area contributed by atoms with Crippen LogP contribution in [0.2, 0.25) is 5.02 Å². The lowest BCUT2D eigenvalue weighted by molar-refractivity contribution is -0.122. The molecule has 2 heterocycles. The molecule has 0 aliphatic carbocycles. The molecule has 140 valence electrons. The smallest absolute Gasteiger partial charge is 0.220 e. The van der Waals surface area contributed by atoms with Crippen molar-refractivity contribution in [3.05, 3.63) is 41.4 Å². The van der Waals surface area contributed by atoms with E-state index >= 15 is 0 Å². The summed E-state index contributed by atoms with van der Waals surface area (Å²) in [6.45, 7) is 5.50. The third-order valence-electron chi connectivity index (χ3n) is 4.74. The Labute approximate surface area is 159 Å². The summed E-state index contributed by atoms with van der Waals surface area (Å²) >= 11 is 5.90. The largest absolute Gasteiger partial charge is 0.441 e. The highest BCUT2D eigenvalue weighted by atomic mass is 35.5. The molecular formula is C20H26ClN3O2. The van der Waals surface area contributed by atoms with Crippen LogP contribution in [-0.2, 0) is 11.2 Å². The standard InChI is InChI=1S/C20H26ClN3O2/c1-2-11-24-12-9-17(10-13-24)23-19(25)7-8-20-22-14-18(26-20)15-3-5-16(21)6-4-15/h3-6,14,17H,2,7-13H2,1H3,(H,23,25). The molecule has 0 unspecified atom stereocenters. The number of piperidine rings is 1. The van der Waals surface area contributed by atoms with Crippen LogP contribution >= 0.6 is 11.6 Å². The van der Waals surface area contributed by atoms with E-state index in [0.29, 0.717) is 35.6 Å². The van der Waals surface area contributed by atoms with E-state index in [4.69, 9.17) is 16.0 Å². The Morgan fingerprint density at radius 1 is 1.31 bits per heavy atom. The van der Waals surface area contributed by atoms with Crippen LogP contribution in [-0.4, -0.2) is 41.5 Å². The van der Waals surface area contributed by atoms with Crippen LogP contribution in [0.25, 0.3) is 11.3 Å². The first-order valence-electron chi connectivity index (χ1n) is 9.36. The monoisotopic (exact) mass is 375 g/mol. The van der Waals surface area contributed by atoms with Gasteiger partial charge in [-0.05, 0) is 50.1 Å². The predicted molar refractivity (Wildman–Crippen MR) is 103 cm³/mol. The number of carbonyl (C=O) groups excluding carboxylic acids is 1. The number of benzene rings is 1. The van der Waals surface area contributed by atoms with Crippen molar-refractivity contribution in [2.45, 2.75) is 45.1 Å². The molecule has 0 saturated carbocycles. The van der Waals surface area contributed by atoms with Crippen molar-refractivity contribution < 1.29 is 9.21 Å². The number of aromatic nitrogens is 1. The summed E-state index contributed by atoms with van der Waals surface area (Å²) < 4.78 is 5.75. The fourth-order valence-corrected chi connectivity index (χ4v) is 3.44. The number of oxazole rings is 1. The molecule has 3 rings (SSSR count). The van der Waals surface area contributed by atoms with Gasteiger partial charge in [-0.2, -0.15) is 0 Å². The van der Waals surface area contributed by atoms with Crippen molar-refractivity contribution in [3.63, 3.8) is 0 Å². The van der Waals surface area contributed by atoms with Gasteiger partial charge in [0.25, 0.3) is 0 Å². The van der Waals surface area contributed by atoms with Crippen LogP contribution in [0, 0.1) is 0 Å². The second-order valence-corrected chi connectivity index (χ2v) is 7.25. The first-order chi connectivity index (χ1) is 12.6. The maximum Gasteiger partial charge on any atom is 0.220 e. The summed E-state index contributed by atoms with van der Waals surface area (Å²) in [7, 11) is 0. The van der Waals surface area contributed by atoms with Gasteiger partial charge in [0.2, 0.25) is 5.91 Å². The van der Waals surface area contributed by atoms with Crippen molar-refractivity contribution in [1.29, 1.82) is 0 Å². The number of amides is 1. The Hall–Kier alpha value is -1.85. The summed E-state index contributed by atoms with van der Waals surface area (Å²) in [5.41, 5.74) is 0.927. The van der Waals surface area contributed by atoms with Crippen molar-refractivity contribution in [2.24, 2.45) is 0 Å². The molecule has 1 saturated heterocycles. The number of aryl methyl sites for hydroxylation is 1. The Balaban J connectivity index is 1.43. The number of carbonyl (C=O) groups is 1. The minimum atomic E-state index is 0.0742. The van der Waals surface area contributed by atoms with E-state index in [1.807, 2.05) is 24.3 Å². The topological polar surface area (TPSA) is 58.4 Å². The zero-order valence-electron chi connectivity index (χ0n) is 15.2. The van der Waals surface area contributed by atoms with Crippen LogP contribution in [0.3, 0.4) is 0 Å². The van der Waals surface area contributed by atoms with Gasteiger partial charge >= 0.3 is 0 Å². The van der Waals surface area contributed by atoms with Gasteiger partial charge < -0.3 is 14.6 Å². The Kier molecular flexibility index (Phi) is 6.69. The number of halogens is 1. The molecule has 1 fully saturated rings. The summed E-state index contributed by atoms with van der Waals surface area (Å²) in [6.07, 6.45) is 5.85. The fraction of sp³-hybridized carbons (Fsp3) is 0.500. The third-order valence-corrected chi connectivity index (χ3v) is 4.99. The molecule has 1 aliphatic rings. The molecule has 1 amide bonds. The maximum absolute atomic E-state index is 12.2. The third kappa shape index (κ3) is 5.32. The first kappa shape index (κ1) is 18.9.